The second kappa shape index (κ2) is 5.40. The van der Waals surface area contributed by atoms with Crippen molar-refractivity contribution in [1.82, 2.24) is 24.7 Å². The van der Waals surface area contributed by atoms with Gasteiger partial charge in [0.05, 0.1) is 11.4 Å². The molecule has 0 aliphatic carbocycles. The van der Waals surface area contributed by atoms with Crippen LogP contribution in [0, 0.1) is 0 Å². The van der Waals surface area contributed by atoms with Gasteiger partial charge in [-0.15, -0.1) is 0 Å². The van der Waals surface area contributed by atoms with Gasteiger partial charge in [0, 0.05) is 27.3 Å². The maximum Gasteiger partial charge on any atom is 0.233 e. The van der Waals surface area contributed by atoms with Gasteiger partial charge in [-0.2, -0.15) is 20.1 Å². The molecule has 2 rings (SSSR count). The first-order valence-corrected chi connectivity index (χ1v) is 6.25. The first-order valence-electron chi connectivity index (χ1n) is 5.88. The van der Waals surface area contributed by atoms with E-state index in [1.165, 1.54) is 0 Å². The quantitative estimate of drug-likeness (QED) is 0.918. The van der Waals surface area contributed by atoms with Crippen LogP contribution in [-0.4, -0.2) is 38.8 Å². The average Bonchev–Trinajstić information content (AvgIpc) is 2.68. The van der Waals surface area contributed by atoms with Crippen LogP contribution in [0.15, 0.2) is 6.20 Å². The summed E-state index contributed by atoms with van der Waals surface area (Å²) < 4.78 is 1.75. The van der Waals surface area contributed by atoms with E-state index in [-0.39, 0.29) is 5.28 Å². The summed E-state index contributed by atoms with van der Waals surface area (Å²) in [5.41, 5.74) is 1.82. The third-order valence-electron chi connectivity index (χ3n) is 2.48. The molecular weight excluding hydrogens is 266 g/mol. The van der Waals surface area contributed by atoms with Gasteiger partial charge in [-0.3, -0.25) is 4.68 Å². The van der Waals surface area contributed by atoms with Crippen molar-refractivity contribution in [2.24, 2.45) is 7.05 Å². The molecular formula is C11H16ClN7. The van der Waals surface area contributed by atoms with E-state index in [1.807, 2.05) is 34.3 Å². The fraction of sp³-hybridized carbons (Fsp3) is 0.455. The molecule has 0 radical (unpaired) electrons. The van der Waals surface area contributed by atoms with Gasteiger partial charge in [0.1, 0.15) is 0 Å². The van der Waals surface area contributed by atoms with E-state index in [9.17, 15) is 0 Å². The van der Waals surface area contributed by atoms with Crippen LogP contribution in [0.2, 0.25) is 5.28 Å². The highest BCUT2D eigenvalue weighted by Gasteiger charge is 2.10. The fourth-order valence-corrected chi connectivity index (χ4v) is 1.77. The number of aryl methyl sites for hydroxylation is 2. The smallest absolute Gasteiger partial charge is 0.233 e. The molecule has 19 heavy (non-hydrogen) atoms. The summed E-state index contributed by atoms with van der Waals surface area (Å²) >= 11 is 5.89. The fourth-order valence-electron chi connectivity index (χ4n) is 1.62. The van der Waals surface area contributed by atoms with Gasteiger partial charge < -0.3 is 10.2 Å². The molecule has 0 aliphatic rings. The Labute approximate surface area is 116 Å². The Morgan fingerprint density at radius 3 is 2.68 bits per heavy atom. The number of rotatable bonds is 4. The molecule has 0 saturated carbocycles. The maximum absolute atomic E-state index is 5.89. The average molecular weight is 282 g/mol. The molecule has 0 fully saturated rings. The highest BCUT2D eigenvalue weighted by atomic mass is 35.5. The number of aromatic nitrogens is 5. The highest BCUT2D eigenvalue weighted by Crippen LogP contribution is 2.19. The molecule has 0 unspecified atom stereocenters. The molecule has 0 aliphatic heterocycles. The minimum Gasteiger partial charge on any atom is -0.347 e. The second-order valence-electron chi connectivity index (χ2n) is 4.26. The third kappa shape index (κ3) is 3.11. The molecule has 7 nitrogen and oxygen atoms in total. The largest absolute Gasteiger partial charge is 0.347 e. The van der Waals surface area contributed by atoms with Crippen molar-refractivity contribution < 1.29 is 0 Å². The van der Waals surface area contributed by atoms with Gasteiger partial charge in [0.2, 0.25) is 17.2 Å². The van der Waals surface area contributed by atoms with Crippen LogP contribution in [0.4, 0.5) is 17.6 Å². The molecule has 8 heteroatoms. The lowest BCUT2D eigenvalue weighted by Gasteiger charge is -2.11. The normalized spacial score (nSPS) is 10.6. The first kappa shape index (κ1) is 13.5. The van der Waals surface area contributed by atoms with Gasteiger partial charge in [0.25, 0.3) is 0 Å². The van der Waals surface area contributed by atoms with Crippen LogP contribution in [0.25, 0.3) is 0 Å². The molecule has 0 amide bonds. The number of halogens is 1. The van der Waals surface area contributed by atoms with Crippen LogP contribution < -0.4 is 10.2 Å². The van der Waals surface area contributed by atoms with E-state index in [4.69, 9.17) is 11.6 Å². The van der Waals surface area contributed by atoms with Crippen LogP contribution in [-0.2, 0) is 13.5 Å². The molecule has 0 spiro atoms. The van der Waals surface area contributed by atoms with Gasteiger partial charge >= 0.3 is 0 Å². The maximum atomic E-state index is 5.89. The summed E-state index contributed by atoms with van der Waals surface area (Å²) in [7, 11) is 5.56. The van der Waals surface area contributed by atoms with Crippen molar-refractivity contribution in [3.8, 4) is 0 Å². The Hall–Kier alpha value is -1.89. The van der Waals surface area contributed by atoms with E-state index in [1.54, 1.807) is 9.58 Å². The SMILES string of the molecule is CCc1nn(C)cc1Nc1nc(Cl)nc(N(C)C)n1. The van der Waals surface area contributed by atoms with Gasteiger partial charge in [-0.05, 0) is 18.0 Å². The summed E-state index contributed by atoms with van der Waals surface area (Å²) in [6.07, 6.45) is 2.70. The molecule has 102 valence electrons. The van der Waals surface area contributed by atoms with Gasteiger partial charge in [-0.1, -0.05) is 6.92 Å². The number of hydrogen-bond donors (Lipinski definition) is 1. The van der Waals surface area contributed by atoms with Crippen molar-refractivity contribution in [2.45, 2.75) is 13.3 Å². The zero-order chi connectivity index (χ0) is 14.0. The van der Waals surface area contributed by atoms with Crippen molar-refractivity contribution in [1.29, 1.82) is 0 Å². The number of anilines is 3. The van der Waals surface area contributed by atoms with Crippen LogP contribution in [0.5, 0.6) is 0 Å². The molecule has 1 N–H and O–H groups in total. The Balaban J connectivity index is 2.32. The van der Waals surface area contributed by atoms with Crippen molar-refractivity contribution in [3.05, 3.63) is 17.2 Å². The zero-order valence-corrected chi connectivity index (χ0v) is 12.1. The van der Waals surface area contributed by atoms with E-state index in [0.717, 1.165) is 17.8 Å². The molecule has 0 saturated heterocycles. The Morgan fingerprint density at radius 1 is 1.32 bits per heavy atom. The minimum absolute atomic E-state index is 0.156. The summed E-state index contributed by atoms with van der Waals surface area (Å²) in [6, 6.07) is 0. The Bertz CT molecular complexity index is 578. The van der Waals surface area contributed by atoms with Crippen LogP contribution in [0.3, 0.4) is 0 Å². The lowest BCUT2D eigenvalue weighted by Crippen LogP contribution is -2.14. The second-order valence-corrected chi connectivity index (χ2v) is 4.60. The van der Waals surface area contributed by atoms with E-state index >= 15 is 0 Å². The summed E-state index contributed by atoms with van der Waals surface area (Å²) in [4.78, 5) is 14.1. The highest BCUT2D eigenvalue weighted by molar-refractivity contribution is 6.28. The van der Waals surface area contributed by atoms with Gasteiger partial charge in [-0.25, -0.2) is 0 Å². The number of nitrogens with zero attached hydrogens (tertiary/aromatic N) is 6. The predicted octanol–water partition coefficient (Wildman–Crippen LogP) is 1.63. The number of nitrogens with one attached hydrogen (secondary N) is 1. The zero-order valence-electron chi connectivity index (χ0n) is 11.3. The van der Waals surface area contributed by atoms with E-state index in [0.29, 0.717) is 11.9 Å². The first-order chi connectivity index (χ1) is 8.99. The third-order valence-corrected chi connectivity index (χ3v) is 2.65. The topological polar surface area (TPSA) is 71.8 Å². The van der Waals surface area contributed by atoms with E-state index in [2.05, 4.69) is 25.4 Å². The van der Waals surface area contributed by atoms with Crippen LogP contribution >= 0.6 is 11.6 Å². The summed E-state index contributed by atoms with van der Waals surface area (Å²) in [5, 5.41) is 7.62. The molecule has 0 atom stereocenters. The van der Waals surface area contributed by atoms with Crippen molar-refractivity contribution >= 4 is 29.2 Å². The summed E-state index contributed by atoms with van der Waals surface area (Å²) in [5.74, 6) is 0.913. The standard InChI is InChI=1S/C11H16ClN7/c1-5-7-8(6-19(4)17-7)13-10-14-9(12)15-11(16-10)18(2)3/h6H,5H2,1-4H3,(H,13,14,15,16). The molecule has 0 bridgehead atoms. The van der Waals surface area contributed by atoms with Crippen molar-refractivity contribution in [2.75, 3.05) is 24.3 Å². The lowest BCUT2D eigenvalue weighted by molar-refractivity contribution is 0.746. The van der Waals surface area contributed by atoms with Crippen molar-refractivity contribution in [3.63, 3.8) is 0 Å². The monoisotopic (exact) mass is 281 g/mol. The molecule has 0 aromatic carbocycles. The molecule has 2 heterocycles. The van der Waals surface area contributed by atoms with E-state index < -0.39 is 0 Å². The lowest BCUT2D eigenvalue weighted by atomic mass is 10.3. The molecule has 2 aromatic rings. The minimum atomic E-state index is 0.156. The summed E-state index contributed by atoms with van der Waals surface area (Å²) in [6.45, 7) is 2.04. The molecule has 2 aromatic heterocycles. The Kier molecular flexibility index (Phi) is 3.84. The predicted molar refractivity (Wildman–Crippen MR) is 75.0 cm³/mol. The van der Waals surface area contributed by atoms with Crippen LogP contribution in [0.1, 0.15) is 12.6 Å². The Morgan fingerprint density at radius 2 is 2.05 bits per heavy atom. The number of hydrogen-bond acceptors (Lipinski definition) is 6. The van der Waals surface area contributed by atoms with Gasteiger partial charge in [0.15, 0.2) is 0 Å².